The summed E-state index contributed by atoms with van der Waals surface area (Å²) >= 11 is 0. The monoisotopic (exact) mass is 309 g/mol. The van der Waals surface area contributed by atoms with Crippen molar-refractivity contribution in [3.8, 4) is 5.75 Å². The summed E-state index contributed by atoms with van der Waals surface area (Å²) in [7, 11) is 0. The van der Waals surface area contributed by atoms with Gasteiger partial charge in [0.1, 0.15) is 18.2 Å². The molecule has 1 aromatic rings. The molecule has 1 heterocycles. The second-order valence-corrected chi connectivity index (χ2v) is 5.54. The highest BCUT2D eigenvalue weighted by Gasteiger charge is 2.21. The fourth-order valence-corrected chi connectivity index (χ4v) is 2.36. The second-order valence-electron chi connectivity index (χ2n) is 5.54. The van der Waals surface area contributed by atoms with Crippen molar-refractivity contribution in [3.05, 3.63) is 30.1 Å². The van der Waals surface area contributed by atoms with Gasteiger partial charge in [-0.15, -0.1) is 0 Å². The first-order chi connectivity index (χ1) is 10.6. The van der Waals surface area contributed by atoms with Crippen LogP contribution in [0, 0.1) is 5.82 Å². The van der Waals surface area contributed by atoms with E-state index in [4.69, 9.17) is 4.74 Å². The van der Waals surface area contributed by atoms with Crippen molar-refractivity contribution in [2.75, 3.05) is 39.3 Å². The van der Waals surface area contributed by atoms with Gasteiger partial charge in [-0.2, -0.15) is 0 Å². The Bertz CT molecular complexity index is 473. The fraction of sp³-hybridized carbons (Fsp3) is 0.562. The van der Waals surface area contributed by atoms with Gasteiger partial charge in [0, 0.05) is 26.2 Å². The average molecular weight is 309 g/mol. The van der Waals surface area contributed by atoms with Gasteiger partial charge >= 0.3 is 6.03 Å². The minimum Gasteiger partial charge on any atom is -0.491 e. The Morgan fingerprint density at radius 2 is 1.91 bits per heavy atom. The number of nitrogens with zero attached hydrogens (tertiary/aromatic N) is 2. The third kappa shape index (κ3) is 4.87. The molecule has 1 unspecified atom stereocenters. The van der Waals surface area contributed by atoms with E-state index in [1.54, 1.807) is 12.1 Å². The van der Waals surface area contributed by atoms with E-state index in [9.17, 15) is 9.18 Å². The standard InChI is InChI=1S/C16H24FN3O2/c1-3-19-8-10-20(11-9-19)16(21)18-13(2)12-22-15-6-4-14(17)5-7-15/h4-7,13H,3,8-12H2,1-2H3,(H,18,21). The number of ether oxygens (including phenoxy) is 1. The maximum atomic E-state index is 12.8. The Labute approximate surface area is 131 Å². The Morgan fingerprint density at radius 1 is 1.27 bits per heavy atom. The van der Waals surface area contributed by atoms with E-state index < -0.39 is 0 Å². The van der Waals surface area contributed by atoms with Gasteiger partial charge < -0.3 is 19.9 Å². The summed E-state index contributed by atoms with van der Waals surface area (Å²) in [5.41, 5.74) is 0. The van der Waals surface area contributed by atoms with Gasteiger partial charge in [0.15, 0.2) is 0 Å². The number of carbonyl (C=O) groups excluding carboxylic acids is 1. The van der Waals surface area contributed by atoms with E-state index in [1.807, 2.05) is 11.8 Å². The van der Waals surface area contributed by atoms with Crippen LogP contribution >= 0.6 is 0 Å². The fourth-order valence-electron chi connectivity index (χ4n) is 2.36. The summed E-state index contributed by atoms with van der Waals surface area (Å²) in [6, 6.07) is 5.70. The molecule has 1 N–H and O–H groups in total. The van der Waals surface area contributed by atoms with Crippen molar-refractivity contribution in [2.24, 2.45) is 0 Å². The number of hydrogen-bond donors (Lipinski definition) is 1. The molecule has 0 bridgehead atoms. The number of piperazine rings is 1. The summed E-state index contributed by atoms with van der Waals surface area (Å²) in [6.45, 7) is 8.75. The Hall–Kier alpha value is -1.82. The third-order valence-electron chi connectivity index (χ3n) is 3.79. The zero-order valence-corrected chi connectivity index (χ0v) is 13.2. The van der Waals surface area contributed by atoms with Crippen molar-refractivity contribution < 1.29 is 13.9 Å². The van der Waals surface area contributed by atoms with Crippen LogP contribution in [0.2, 0.25) is 0 Å². The molecule has 1 atom stereocenters. The Morgan fingerprint density at radius 3 is 2.50 bits per heavy atom. The number of benzene rings is 1. The molecule has 1 saturated heterocycles. The first kappa shape index (κ1) is 16.5. The molecule has 2 amide bonds. The highest BCUT2D eigenvalue weighted by Crippen LogP contribution is 2.11. The summed E-state index contributed by atoms with van der Waals surface area (Å²) in [5, 5.41) is 2.93. The lowest BCUT2D eigenvalue weighted by Gasteiger charge is -2.34. The molecule has 122 valence electrons. The maximum Gasteiger partial charge on any atom is 0.317 e. The van der Waals surface area contributed by atoms with Crippen molar-refractivity contribution >= 4 is 6.03 Å². The molecule has 5 nitrogen and oxygen atoms in total. The van der Waals surface area contributed by atoms with Gasteiger partial charge in [0.2, 0.25) is 0 Å². The number of hydrogen-bond acceptors (Lipinski definition) is 3. The van der Waals surface area contributed by atoms with E-state index in [1.165, 1.54) is 12.1 Å². The van der Waals surface area contributed by atoms with Crippen molar-refractivity contribution in [3.63, 3.8) is 0 Å². The zero-order chi connectivity index (χ0) is 15.9. The van der Waals surface area contributed by atoms with E-state index >= 15 is 0 Å². The lowest BCUT2D eigenvalue weighted by molar-refractivity contribution is 0.138. The molecule has 0 aromatic heterocycles. The predicted molar refractivity (Wildman–Crippen MR) is 83.6 cm³/mol. The maximum absolute atomic E-state index is 12.8. The van der Waals surface area contributed by atoms with Crippen molar-refractivity contribution in [1.82, 2.24) is 15.1 Å². The van der Waals surface area contributed by atoms with E-state index in [2.05, 4.69) is 17.1 Å². The van der Waals surface area contributed by atoms with E-state index in [0.717, 1.165) is 32.7 Å². The molecule has 1 fully saturated rings. The lowest BCUT2D eigenvalue weighted by Crippen LogP contribution is -2.53. The highest BCUT2D eigenvalue weighted by atomic mass is 19.1. The van der Waals surface area contributed by atoms with Crippen LogP contribution in [0.4, 0.5) is 9.18 Å². The average Bonchev–Trinajstić information content (AvgIpc) is 2.54. The van der Waals surface area contributed by atoms with Gasteiger partial charge in [-0.1, -0.05) is 6.92 Å². The molecule has 0 aliphatic carbocycles. The quantitative estimate of drug-likeness (QED) is 0.904. The van der Waals surface area contributed by atoms with Gasteiger partial charge in [-0.25, -0.2) is 9.18 Å². The van der Waals surface area contributed by atoms with Gasteiger partial charge in [-0.05, 0) is 37.7 Å². The number of halogens is 1. The molecule has 0 saturated carbocycles. The molecular formula is C16H24FN3O2. The SMILES string of the molecule is CCN1CCN(C(=O)NC(C)COc2ccc(F)cc2)CC1. The van der Waals surface area contributed by atoms with Crippen LogP contribution < -0.4 is 10.1 Å². The molecule has 1 aliphatic rings. The van der Waals surface area contributed by atoms with Gasteiger partial charge in [-0.3, -0.25) is 0 Å². The number of likely N-dealkylation sites (N-methyl/N-ethyl adjacent to an activating group) is 1. The van der Waals surface area contributed by atoms with Crippen LogP contribution in [0.5, 0.6) is 5.75 Å². The topological polar surface area (TPSA) is 44.8 Å². The molecule has 1 aromatic carbocycles. The van der Waals surface area contributed by atoms with Crippen LogP contribution in [0.1, 0.15) is 13.8 Å². The van der Waals surface area contributed by atoms with Crippen LogP contribution in [0.3, 0.4) is 0 Å². The molecular weight excluding hydrogens is 285 g/mol. The molecule has 0 spiro atoms. The van der Waals surface area contributed by atoms with Gasteiger partial charge in [0.05, 0.1) is 6.04 Å². The largest absolute Gasteiger partial charge is 0.491 e. The minimum atomic E-state index is -0.292. The molecule has 6 heteroatoms. The smallest absolute Gasteiger partial charge is 0.317 e. The lowest BCUT2D eigenvalue weighted by atomic mass is 10.3. The predicted octanol–water partition coefficient (Wildman–Crippen LogP) is 1.94. The van der Waals surface area contributed by atoms with Crippen LogP contribution in [0.25, 0.3) is 0 Å². The molecule has 2 rings (SSSR count). The van der Waals surface area contributed by atoms with Crippen molar-refractivity contribution in [2.45, 2.75) is 19.9 Å². The first-order valence-corrected chi connectivity index (χ1v) is 7.74. The summed E-state index contributed by atoms with van der Waals surface area (Å²) in [5.74, 6) is 0.305. The number of nitrogens with one attached hydrogen (secondary N) is 1. The molecule has 22 heavy (non-hydrogen) atoms. The highest BCUT2D eigenvalue weighted by molar-refractivity contribution is 5.74. The van der Waals surface area contributed by atoms with Gasteiger partial charge in [0.25, 0.3) is 0 Å². The normalized spacial score (nSPS) is 17.1. The molecule has 0 radical (unpaired) electrons. The summed E-state index contributed by atoms with van der Waals surface area (Å²) in [6.07, 6.45) is 0. The van der Waals surface area contributed by atoms with Crippen LogP contribution in [-0.2, 0) is 0 Å². The van der Waals surface area contributed by atoms with E-state index in [0.29, 0.717) is 12.4 Å². The van der Waals surface area contributed by atoms with E-state index in [-0.39, 0.29) is 17.9 Å². The van der Waals surface area contributed by atoms with Crippen LogP contribution in [-0.4, -0.2) is 61.2 Å². The Balaban J connectivity index is 1.71. The zero-order valence-electron chi connectivity index (χ0n) is 13.2. The summed E-state index contributed by atoms with van der Waals surface area (Å²) < 4.78 is 18.3. The number of urea groups is 1. The Kier molecular flexibility index (Phi) is 6.00. The second kappa shape index (κ2) is 7.98. The first-order valence-electron chi connectivity index (χ1n) is 7.74. The number of rotatable bonds is 5. The van der Waals surface area contributed by atoms with Crippen molar-refractivity contribution in [1.29, 1.82) is 0 Å². The van der Waals surface area contributed by atoms with Crippen LogP contribution in [0.15, 0.2) is 24.3 Å². The number of amides is 2. The minimum absolute atomic E-state index is 0.0500. The molecule has 1 aliphatic heterocycles. The summed E-state index contributed by atoms with van der Waals surface area (Å²) in [4.78, 5) is 16.3. The third-order valence-corrected chi connectivity index (χ3v) is 3.79. The number of carbonyl (C=O) groups is 1.